The summed E-state index contributed by atoms with van der Waals surface area (Å²) in [6, 6.07) is 1.13. The summed E-state index contributed by atoms with van der Waals surface area (Å²) in [5.41, 5.74) is 6.04. The molecule has 11 heteroatoms. The number of amides is 3. The number of piperidine rings is 1. The number of nitrogens with one attached hydrogen (secondary N) is 1. The van der Waals surface area contributed by atoms with Crippen LogP contribution in [0.1, 0.15) is 23.3 Å². The number of alkyl halides is 2. The number of likely N-dealkylation sites (tertiary alicyclic amines) is 1. The first-order valence-corrected chi connectivity index (χ1v) is 10.6. The minimum Gasteiger partial charge on any atom is -0.364 e. The molecule has 0 bridgehead atoms. The average molecular weight is 451 g/mol. The number of pyridine rings is 1. The number of rotatable bonds is 6. The standard InChI is InChI=1S/C19H20Cl2N6O3/c20-19(21)4-10(19)5-24-18(30)16-12-3-9(12)7-26(16)14(28)8-27-13-6-23-2-1-11(13)15(25-27)17(22)29/h1-2,6,9-10,12,16H,3-5,7-8H2,(H2,22,29)(H,24,30)/t9-,10-,12-,16+/m1/s1. The fourth-order valence-electron chi connectivity index (χ4n) is 4.42. The van der Waals surface area contributed by atoms with Crippen molar-refractivity contribution in [3.05, 3.63) is 24.2 Å². The molecule has 0 aromatic carbocycles. The molecule has 158 valence electrons. The Kier molecular flexibility index (Phi) is 4.44. The lowest BCUT2D eigenvalue weighted by Gasteiger charge is -2.27. The Hall–Kier alpha value is -2.39. The number of carbonyl (C=O) groups excluding carboxylic acids is 3. The maximum absolute atomic E-state index is 13.1. The third kappa shape index (κ3) is 3.30. The second kappa shape index (κ2) is 6.81. The molecule has 5 rings (SSSR count). The van der Waals surface area contributed by atoms with Gasteiger partial charge in [-0.3, -0.25) is 24.0 Å². The number of hydrogen-bond acceptors (Lipinski definition) is 5. The molecule has 3 amide bonds. The maximum atomic E-state index is 13.1. The third-order valence-corrected chi connectivity index (χ3v) is 7.22. The van der Waals surface area contributed by atoms with Crippen molar-refractivity contribution in [1.29, 1.82) is 0 Å². The summed E-state index contributed by atoms with van der Waals surface area (Å²) in [6.45, 7) is 0.840. The molecule has 2 aliphatic carbocycles. The molecule has 0 unspecified atom stereocenters. The van der Waals surface area contributed by atoms with Gasteiger partial charge in [-0.25, -0.2) is 0 Å². The largest absolute Gasteiger partial charge is 0.364 e. The molecule has 0 radical (unpaired) electrons. The summed E-state index contributed by atoms with van der Waals surface area (Å²) in [4.78, 5) is 43.3. The number of primary amides is 1. The van der Waals surface area contributed by atoms with E-state index < -0.39 is 16.3 Å². The Labute approximate surface area is 181 Å². The zero-order valence-corrected chi connectivity index (χ0v) is 17.4. The van der Waals surface area contributed by atoms with Crippen molar-refractivity contribution < 1.29 is 14.4 Å². The zero-order valence-electron chi connectivity index (χ0n) is 15.9. The van der Waals surface area contributed by atoms with E-state index in [9.17, 15) is 14.4 Å². The molecular formula is C19H20Cl2N6O3. The Morgan fingerprint density at radius 3 is 2.80 bits per heavy atom. The van der Waals surface area contributed by atoms with Gasteiger partial charge in [0.05, 0.1) is 11.7 Å². The first kappa shape index (κ1) is 19.6. The first-order chi connectivity index (χ1) is 14.3. The Morgan fingerprint density at radius 2 is 2.10 bits per heavy atom. The van der Waals surface area contributed by atoms with E-state index in [-0.39, 0.29) is 35.9 Å². The van der Waals surface area contributed by atoms with E-state index in [0.29, 0.717) is 36.3 Å². The summed E-state index contributed by atoms with van der Waals surface area (Å²) < 4.78 is 0.664. The fraction of sp³-hybridized carbons (Fsp3) is 0.526. The number of nitrogens with two attached hydrogens (primary N) is 1. The molecule has 9 nitrogen and oxygen atoms in total. The van der Waals surface area contributed by atoms with Gasteiger partial charge in [-0.1, -0.05) is 0 Å². The van der Waals surface area contributed by atoms with Crippen LogP contribution >= 0.6 is 23.2 Å². The van der Waals surface area contributed by atoms with E-state index in [1.807, 2.05) is 0 Å². The molecule has 4 atom stereocenters. The predicted molar refractivity (Wildman–Crippen MR) is 109 cm³/mol. The van der Waals surface area contributed by atoms with Crippen molar-refractivity contribution in [2.45, 2.75) is 29.8 Å². The van der Waals surface area contributed by atoms with Crippen LogP contribution in [0.3, 0.4) is 0 Å². The van der Waals surface area contributed by atoms with Gasteiger partial charge in [-0.05, 0) is 30.7 Å². The predicted octanol–water partition coefficient (Wildman–Crippen LogP) is 0.687. The van der Waals surface area contributed by atoms with E-state index in [2.05, 4.69) is 15.4 Å². The second-order valence-electron chi connectivity index (χ2n) is 8.32. The number of carbonyl (C=O) groups is 3. The van der Waals surface area contributed by atoms with Gasteiger partial charge in [0.25, 0.3) is 5.91 Å². The number of fused-ring (bicyclic) bond motifs is 2. The topological polar surface area (TPSA) is 123 Å². The van der Waals surface area contributed by atoms with Crippen LogP contribution in [-0.2, 0) is 16.1 Å². The Balaban J connectivity index is 1.32. The molecule has 3 fully saturated rings. The summed E-state index contributed by atoms with van der Waals surface area (Å²) in [7, 11) is 0. The molecule has 1 saturated heterocycles. The molecule has 30 heavy (non-hydrogen) atoms. The van der Waals surface area contributed by atoms with E-state index >= 15 is 0 Å². The monoisotopic (exact) mass is 450 g/mol. The van der Waals surface area contributed by atoms with E-state index in [4.69, 9.17) is 28.9 Å². The summed E-state index contributed by atoms with van der Waals surface area (Å²) >= 11 is 12.1. The van der Waals surface area contributed by atoms with Gasteiger partial charge in [-0.15, -0.1) is 23.2 Å². The first-order valence-electron chi connectivity index (χ1n) is 9.81. The highest BCUT2D eigenvalue weighted by molar-refractivity contribution is 6.50. The zero-order chi connectivity index (χ0) is 21.2. The molecule has 2 saturated carbocycles. The van der Waals surface area contributed by atoms with E-state index in [0.717, 1.165) is 6.42 Å². The highest BCUT2D eigenvalue weighted by atomic mass is 35.5. The van der Waals surface area contributed by atoms with Crippen LogP contribution in [0, 0.1) is 17.8 Å². The van der Waals surface area contributed by atoms with Crippen LogP contribution in [0.25, 0.3) is 10.9 Å². The molecule has 2 aromatic rings. The van der Waals surface area contributed by atoms with Gasteiger partial charge in [0.15, 0.2) is 5.69 Å². The molecule has 1 aliphatic heterocycles. The van der Waals surface area contributed by atoms with Crippen molar-refractivity contribution in [2.75, 3.05) is 13.1 Å². The van der Waals surface area contributed by atoms with Crippen LogP contribution in [-0.4, -0.2) is 60.9 Å². The Morgan fingerprint density at radius 1 is 1.33 bits per heavy atom. The molecule has 3 heterocycles. The highest BCUT2D eigenvalue weighted by Crippen LogP contribution is 2.53. The highest BCUT2D eigenvalue weighted by Gasteiger charge is 2.57. The van der Waals surface area contributed by atoms with Crippen LogP contribution in [0.5, 0.6) is 0 Å². The third-order valence-electron chi connectivity index (χ3n) is 6.29. The van der Waals surface area contributed by atoms with Crippen molar-refractivity contribution >= 4 is 51.8 Å². The van der Waals surface area contributed by atoms with Crippen molar-refractivity contribution in [2.24, 2.45) is 23.5 Å². The number of hydrogen-bond donors (Lipinski definition) is 2. The van der Waals surface area contributed by atoms with Gasteiger partial charge in [-0.2, -0.15) is 5.10 Å². The smallest absolute Gasteiger partial charge is 0.269 e. The van der Waals surface area contributed by atoms with Gasteiger partial charge >= 0.3 is 0 Å². The summed E-state index contributed by atoms with van der Waals surface area (Å²) in [6.07, 6.45) is 4.67. The normalized spacial score (nSPS) is 28.3. The lowest BCUT2D eigenvalue weighted by Crippen LogP contribution is -2.49. The van der Waals surface area contributed by atoms with Gasteiger partial charge < -0.3 is 16.0 Å². The van der Waals surface area contributed by atoms with Crippen LogP contribution in [0.2, 0.25) is 0 Å². The minimum absolute atomic E-state index is 0.0421. The number of aromatic nitrogens is 3. The van der Waals surface area contributed by atoms with Crippen molar-refractivity contribution in [3.8, 4) is 0 Å². The molecular weight excluding hydrogens is 431 g/mol. The number of halogens is 2. The molecule has 0 spiro atoms. The molecule has 3 N–H and O–H groups in total. The van der Waals surface area contributed by atoms with E-state index in [1.165, 1.54) is 17.1 Å². The SMILES string of the molecule is NC(=O)c1nn(CC(=O)N2C[C@H]3C[C@H]3[C@H]2C(=O)NC[C@H]2CC2(Cl)Cl)c2cnccc12. The molecule has 2 aromatic heterocycles. The van der Waals surface area contributed by atoms with E-state index in [1.54, 1.807) is 11.0 Å². The Bertz CT molecular complexity index is 1070. The van der Waals surface area contributed by atoms with Crippen molar-refractivity contribution in [1.82, 2.24) is 25.0 Å². The average Bonchev–Trinajstić information content (AvgIpc) is 3.49. The quantitative estimate of drug-likeness (QED) is 0.626. The molecule has 3 aliphatic rings. The second-order valence-corrected chi connectivity index (χ2v) is 9.86. The number of nitrogens with zero attached hydrogens (tertiary/aromatic N) is 4. The van der Waals surface area contributed by atoms with Gasteiger partial charge in [0.2, 0.25) is 11.8 Å². The summed E-state index contributed by atoms with van der Waals surface area (Å²) in [5, 5.41) is 7.65. The lowest BCUT2D eigenvalue weighted by atomic mass is 10.1. The van der Waals surface area contributed by atoms with Crippen LogP contribution < -0.4 is 11.1 Å². The fourth-order valence-corrected chi connectivity index (χ4v) is 4.95. The lowest BCUT2D eigenvalue weighted by molar-refractivity contribution is -0.140. The van der Waals surface area contributed by atoms with Crippen LogP contribution in [0.15, 0.2) is 18.5 Å². The van der Waals surface area contributed by atoms with Crippen LogP contribution in [0.4, 0.5) is 0 Å². The van der Waals surface area contributed by atoms with Gasteiger partial charge in [0.1, 0.15) is 16.9 Å². The maximum Gasteiger partial charge on any atom is 0.269 e. The summed E-state index contributed by atoms with van der Waals surface area (Å²) in [5.74, 6) is -0.506. The van der Waals surface area contributed by atoms with Gasteiger partial charge in [0, 0.05) is 30.6 Å². The minimum atomic E-state index is -0.756. The van der Waals surface area contributed by atoms with Crippen molar-refractivity contribution in [3.63, 3.8) is 0 Å².